The van der Waals surface area contributed by atoms with Crippen LogP contribution in [0.15, 0.2) is 22.4 Å². The van der Waals surface area contributed by atoms with E-state index in [1.165, 1.54) is 24.0 Å². The fourth-order valence-corrected chi connectivity index (χ4v) is 5.43. The van der Waals surface area contributed by atoms with Gasteiger partial charge in [0, 0.05) is 17.9 Å². The van der Waals surface area contributed by atoms with Crippen molar-refractivity contribution in [3.05, 3.63) is 29.2 Å². The van der Waals surface area contributed by atoms with E-state index in [1.54, 1.807) is 0 Å². The molecule has 1 aromatic rings. The van der Waals surface area contributed by atoms with Crippen molar-refractivity contribution in [1.29, 1.82) is 0 Å². The van der Waals surface area contributed by atoms with Gasteiger partial charge in [0.2, 0.25) is 0 Å². The molecule has 3 aliphatic carbocycles. The lowest BCUT2D eigenvalue weighted by atomic mass is 9.47. The summed E-state index contributed by atoms with van der Waals surface area (Å²) in [5.41, 5.74) is 2.94. The molecule has 0 spiro atoms. The number of hydrogen-bond acceptors (Lipinski definition) is 3. The van der Waals surface area contributed by atoms with E-state index >= 15 is 0 Å². The van der Waals surface area contributed by atoms with Crippen LogP contribution in [0.5, 0.6) is 0 Å². The van der Waals surface area contributed by atoms with E-state index in [4.69, 9.17) is 4.52 Å². The number of carbonyl (C=O) groups excluding carboxylic acids is 1. The molecular weight excluding hydrogens is 262 g/mol. The van der Waals surface area contributed by atoms with Crippen molar-refractivity contribution in [3.63, 3.8) is 0 Å². The van der Waals surface area contributed by atoms with Gasteiger partial charge >= 0.3 is 0 Å². The normalized spacial score (nSPS) is 41.9. The largest absolute Gasteiger partial charge is 0.361 e. The number of fused-ring (bicyclic) bond motifs is 4. The molecule has 3 heteroatoms. The number of nitrogens with zero attached hydrogens (tertiary/aromatic N) is 1. The van der Waals surface area contributed by atoms with Crippen LogP contribution in [0.25, 0.3) is 0 Å². The number of ketones is 1. The molecule has 0 N–H and O–H groups in total. The fraction of sp³-hybridized carbons (Fsp3) is 0.667. The highest BCUT2D eigenvalue weighted by Crippen LogP contribution is 2.63. The van der Waals surface area contributed by atoms with E-state index in [1.807, 2.05) is 12.3 Å². The number of hydrogen-bond donors (Lipinski definition) is 0. The third-order valence-corrected chi connectivity index (χ3v) is 6.57. The van der Waals surface area contributed by atoms with Gasteiger partial charge in [-0.2, -0.15) is 0 Å². The quantitative estimate of drug-likeness (QED) is 0.722. The minimum Gasteiger partial charge on any atom is -0.361 e. The summed E-state index contributed by atoms with van der Waals surface area (Å²) in [5.74, 6) is 2.34. The van der Waals surface area contributed by atoms with Crippen LogP contribution in [-0.2, 0) is 11.2 Å². The van der Waals surface area contributed by atoms with Crippen molar-refractivity contribution in [1.82, 2.24) is 5.16 Å². The Morgan fingerprint density at radius 3 is 2.95 bits per heavy atom. The molecule has 1 saturated carbocycles. The van der Waals surface area contributed by atoms with Gasteiger partial charge in [-0.1, -0.05) is 31.5 Å². The van der Waals surface area contributed by atoms with Crippen LogP contribution in [0.4, 0.5) is 0 Å². The number of rotatable bonds is 0. The molecule has 3 unspecified atom stereocenters. The van der Waals surface area contributed by atoms with E-state index in [-0.39, 0.29) is 10.8 Å². The Kier molecular flexibility index (Phi) is 2.59. The maximum atomic E-state index is 12.0. The number of carbonyl (C=O) groups is 1. The van der Waals surface area contributed by atoms with Crippen molar-refractivity contribution >= 4 is 5.78 Å². The lowest BCUT2D eigenvalue weighted by molar-refractivity contribution is -0.116. The predicted octanol–water partition coefficient (Wildman–Crippen LogP) is 4.05. The molecule has 1 fully saturated rings. The van der Waals surface area contributed by atoms with Gasteiger partial charge in [0.15, 0.2) is 5.78 Å². The lowest BCUT2D eigenvalue weighted by Gasteiger charge is -2.56. The maximum Gasteiger partial charge on any atom is 0.155 e. The molecule has 0 amide bonds. The molecule has 3 nitrogen and oxygen atoms in total. The summed E-state index contributed by atoms with van der Waals surface area (Å²) in [6.45, 7) is 6.99. The molecule has 0 bridgehead atoms. The van der Waals surface area contributed by atoms with Gasteiger partial charge in [0.25, 0.3) is 0 Å². The molecular formula is C18H23NO2. The highest BCUT2D eigenvalue weighted by atomic mass is 16.5. The third kappa shape index (κ3) is 1.66. The molecule has 0 aromatic carbocycles. The van der Waals surface area contributed by atoms with Crippen molar-refractivity contribution < 1.29 is 9.32 Å². The van der Waals surface area contributed by atoms with Gasteiger partial charge < -0.3 is 4.52 Å². The third-order valence-electron chi connectivity index (χ3n) is 6.57. The first-order valence-corrected chi connectivity index (χ1v) is 8.13. The smallest absolute Gasteiger partial charge is 0.155 e. The second-order valence-corrected chi connectivity index (χ2v) is 7.83. The van der Waals surface area contributed by atoms with E-state index in [2.05, 4.69) is 25.9 Å². The number of aromatic nitrogens is 1. The van der Waals surface area contributed by atoms with Crippen molar-refractivity contribution in [2.24, 2.45) is 16.7 Å². The molecule has 1 aromatic heterocycles. The number of allylic oxidation sites excluding steroid dienone is 2. The highest BCUT2D eigenvalue weighted by Gasteiger charge is 2.55. The Bertz CT molecular complexity index is 643. The topological polar surface area (TPSA) is 43.1 Å². The predicted molar refractivity (Wildman–Crippen MR) is 79.9 cm³/mol. The second-order valence-electron chi connectivity index (χ2n) is 7.83. The summed E-state index contributed by atoms with van der Waals surface area (Å²) in [5, 5.41) is 4.02. The van der Waals surface area contributed by atoms with E-state index in [9.17, 15) is 4.79 Å². The minimum absolute atomic E-state index is 0.0844. The van der Waals surface area contributed by atoms with Gasteiger partial charge in [0.1, 0.15) is 5.76 Å². The maximum absolute atomic E-state index is 12.0. The highest BCUT2D eigenvalue weighted by molar-refractivity contribution is 5.92. The first-order chi connectivity index (χ1) is 9.94. The van der Waals surface area contributed by atoms with Crippen LogP contribution < -0.4 is 0 Å². The van der Waals surface area contributed by atoms with Crippen LogP contribution in [0.1, 0.15) is 63.7 Å². The molecule has 3 aliphatic rings. The molecule has 0 aliphatic heterocycles. The Hall–Kier alpha value is -1.38. The standard InChI is InChI=1S/C18H23NO2/c1-11-14-5-7-17(2)6-4-13(20)8-15(17)18(14,3)9-12-10-19-21-16(11)12/h8,10-11,14H,4-7,9H2,1-3H3/t11?,14?,17-,18?/m1/s1. The minimum atomic E-state index is 0.0844. The Balaban J connectivity index is 1.87. The second kappa shape index (κ2) is 4.08. The average Bonchev–Trinajstić information content (AvgIpc) is 2.88. The lowest BCUT2D eigenvalue weighted by Crippen LogP contribution is -2.49. The average molecular weight is 285 g/mol. The van der Waals surface area contributed by atoms with Crippen molar-refractivity contribution in [3.8, 4) is 0 Å². The Morgan fingerprint density at radius 1 is 1.33 bits per heavy atom. The van der Waals surface area contributed by atoms with Crippen LogP contribution in [0.3, 0.4) is 0 Å². The first kappa shape index (κ1) is 13.3. The van der Waals surface area contributed by atoms with Crippen LogP contribution in [0.2, 0.25) is 0 Å². The van der Waals surface area contributed by atoms with Gasteiger partial charge in [-0.25, -0.2) is 0 Å². The Morgan fingerprint density at radius 2 is 2.14 bits per heavy atom. The molecule has 0 radical (unpaired) electrons. The molecule has 1 heterocycles. The van der Waals surface area contributed by atoms with Crippen molar-refractivity contribution in [2.45, 2.75) is 58.8 Å². The zero-order chi connectivity index (χ0) is 14.8. The van der Waals surface area contributed by atoms with Gasteiger partial charge in [-0.05, 0) is 48.5 Å². The van der Waals surface area contributed by atoms with E-state index in [0.29, 0.717) is 17.6 Å². The summed E-state index contributed by atoms with van der Waals surface area (Å²) < 4.78 is 5.51. The van der Waals surface area contributed by atoms with Gasteiger partial charge in [0.05, 0.1) is 6.20 Å². The molecule has 112 valence electrons. The van der Waals surface area contributed by atoms with Crippen LogP contribution in [-0.4, -0.2) is 10.9 Å². The summed E-state index contributed by atoms with van der Waals surface area (Å²) in [6, 6.07) is 0. The van der Waals surface area contributed by atoms with Crippen LogP contribution in [0, 0.1) is 16.7 Å². The molecule has 0 saturated heterocycles. The summed E-state index contributed by atoms with van der Waals surface area (Å²) >= 11 is 0. The van der Waals surface area contributed by atoms with Crippen molar-refractivity contribution in [2.75, 3.05) is 0 Å². The summed E-state index contributed by atoms with van der Waals surface area (Å²) in [4.78, 5) is 12.0. The van der Waals surface area contributed by atoms with Gasteiger partial charge in [-0.15, -0.1) is 0 Å². The zero-order valence-corrected chi connectivity index (χ0v) is 13.1. The van der Waals surface area contributed by atoms with E-state index < -0.39 is 0 Å². The van der Waals surface area contributed by atoms with Gasteiger partial charge in [-0.3, -0.25) is 4.79 Å². The Labute approximate surface area is 125 Å². The zero-order valence-electron chi connectivity index (χ0n) is 13.1. The van der Waals surface area contributed by atoms with Crippen LogP contribution >= 0.6 is 0 Å². The molecule has 21 heavy (non-hydrogen) atoms. The SMILES string of the molecule is CC1c2oncc2CC2(C)C3=CC(=O)CC[C@]3(C)CCC12. The monoisotopic (exact) mass is 285 g/mol. The molecule has 4 atom stereocenters. The summed E-state index contributed by atoms with van der Waals surface area (Å²) in [6.07, 6.45) is 8.99. The fourth-order valence-electron chi connectivity index (χ4n) is 5.43. The first-order valence-electron chi connectivity index (χ1n) is 8.13. The molecule has 4 rings (SSSR count). The van der Waals surface area contributed by atoms with E-state index in [0.717, 1.165) is 25.0 Å². The summed E-state index contributed by atoms with van der Waals surface area (Å²) in [7, 11) is 0.